The molecule has 0 aromatic heterocycles. The Morgan fingerprint density at radius 2 is 1.85 bits per heavy atom. The van der Waals surface area contributed by atoms with Crippen LogP contribution in [0, 0.1) is 17.2 Å². The number of likely N-dealkylation sites (tertiary alicyclic amines) is 1. The van der Waals surface area contributed by atoms with Crippen molar-refractivity contribution in [3.63, 3.8) is 0 Å². The molecule has 3 rings (SSSR count). The third kappa shape index (κ3) is 2.88. The molecule has 2 fully saturated rings. The molecule has 1 saturated carbocycles. The predicted molar refractivity (Wildman–Crippen MR) is 81.3 cm³/mol. The van der Waals surface area contributed by atoms with Gasteiger partial charge >= 0.3 is 0 Å². The Morgan fingerprint density at radius 1 is 1.10 bits per heavy atom. The summed E-state index contributed by atoms with van der Waals surface area (Å²) in [5, 5.41) is 9.53. The van der Waals surface area contributed by atoms with Crippen molar-refractivity contribution in [1.29, 1.82) is 5.26 Å². The number of benzene rings is 1. The lowest BCUT2D eigenvalue weighted by Gasteiger charge is -2.44. The van der Waals surface area contributed by atoms with Crippen molar-refractivity contribution >= 4 is 0 Å². The van der Waals surface area contributed by atoms with E-state index in [0.717, 1.165) is 18.5 Å². The zero-order valence-corrected chi connectivity index (χ0v) is 12.2. The molecular weight excluding hydrogens is 244 g/mol. The molecule has 1 aromatic rings. The van der Waals surface area contributed by atoms with Crippen LogP contribution in [0.2, 0.25) is 0 Å². The predicted octanol–water partition coefficient (Wildman–Crippen LogP) is 3.95. The minimum atomic E-state index is 0.0249. The van der Waals surface area contributed by atoms with E-state index in [4.69, 9.17) is 0 Å². The standard InChI is InChI=1S/C18H24N2/c19-13-17(15-7-2-1-3-8-15)14-20-12-6-10-16-9-4-5-11-18(16)20/h1-3,7-8,16-18H,4-6,9-12,14H2/t16-,17?,18-/m1/s1. The van der Waals surface area contributed by atoms with Crippen LogP contribution in [0.15, 0.2) is 30.3 Å². The molecule has 1 aliphatic carbocycles. The summed E-state index contributed by atoms with van der Waals surface area (Å²) in [6.45, 7) is 2.11. The highest BCUT2D eigenvalue weighted by Gasteiger charge is 2.34. The molecule has 3 atom stereocenters. The average Bonchev–Trinajstić information content (AvgIpc) is 2.53. The molecule has 1 unspecified atom stereocenters. The Bertz CT molecular complexity index is 460. The van der Waals surface area contributed by atoms with Crippen LogP contribution in [0.1, 0.15) is 50.0 Å². The van der Waals surface area contributed by atoms with Crippen molar-refractivity contribution in [2.24, 2.45) is 5.92 Å². The van der Waals surface area contributed by atoms with E-state index >= 15 is 0 Å². The van der Waals surface area contributed by atoms with Gasteiger partial charge in [0.2, 0.25) is 0 Å². The SMILES string of the molecule is N#CC(CN1CCC[C@H]2CCCC[C@H]21)c1ccccc1. The molecule has 0 amide bonds. The molecule has 0 spiro atoms. The number of nitriles is 1. The molecule has 0 bridgehead atoms. The van der Waals surface area contributed by atoms with Crippen molar-refractivity contribution in [1.82, 2.24) is 4.90 Å². The van der Waals surface area contributed by atoms with Gasteiger partial charge in [-0.1, -0.05) is 43.2 Å². The number of nitrogens with zero attached hydrogens (tertiary/aromatic N) is 2. The Morgan fingerprint density at radius 3 is 2.65 bits per heavy atom. The molecule has 20 heavy (non-hydrogen) atoms. The lowest BCUT2D eigenvalue weighted by atomic mass is 9.78. The molecule has 1 aliphatic heterocycles. The van der Waals surface area contributed by atoms with Gasteiger partial charge in [0.1, 0.15) is 0 Å². The number of hydrogen-bond acceptors (Lipinski definition) is 2. The van der Waals surface area contributed by atoms with Crippen LogP contribution in [0.3, 0.4) is 0 Å². The maximum atomic E-state index is 9.53. The quantitative estimate of drug-likeness (QED) is 0.830. The normalized spacial score (nSPS) is 28.4. The summed E-state index contributed by atoms with van der Waals surface area (Å²) in [5.74, 6) is 0.921. The molecule has 106 valence electrons. The largest absolute Gasteiger partial charge is 0.298 e. The van der Waals surface area contributed by atoms with E-state index in [0.29, 0.717) is 0 Å². The second kappa shape index (κ2) is 6.41. The third-order valence-corrected chi connectivity index (χ3v) is 5.13. The molecular formula is C18H24N2. The van der Waals surface area contributed by atoms with E-state index in [-0.39, 0.29) is 5.92 Å². The first-order valence-corrected chi connectivity index (χ1v) is 8.07. The van der Waals surface area contributed by atoms with Crippen LogP contribution in [0.4, 0.5) is 0 Å². The number of hydrogen-bond donors (Lipinski definition) is 0. The van der Waals surface area contributed by atoms with Gasteiger partial charge in [-0.25, -0.2) is 0 Å². The molecule has 0 radical (unpaired) electrons. The van der Waals surface area contributed by atoms with E-state index in [2.05, 4.69) is 23.1 Å². The monoisotopic (exact) mass is 268 g/mol. The number of piperidine rings is 1. The van der Waals surface area contributed by atoms with Crippen LogP contribution >= 0.6 is 0 Å². The van der Waals surface area contributed by atoms with Gasteiger partial charge in [0, 0.05) is 12.6 Å². The highest BCUT2D eigenvalue weighted by Crippen LogP contribution is 2.36. The van der Waals surface area contributed by atoms with Crippen LogP contribution in [-0.2, 0) is 0 Å². The fourth-order valence-electron chi connectivity index (χ4n) is 4.10. The second-order valence-corrected chi connectivity index (χ2v) is 6.34. The van der Waals surface area contributed by atoms with Gasteiger partial charge < -0.3 is 0 Å². The maximum Gasteiger partial charge on any atom is 0.0839 e. The topological polar surface area (TPSA) is 27.0 Å². The Hall–Kier alpha value is -1.33. The first-order chi connectivity index (χ1) is 9.88. The zero-order chi connectivity index (χ0) is 13.8. The van der Waals surface area contributed by atoms with Crippen molar-refractivity contribution in [3.8, 4) is 6.07 Å². The van der Waals surface area contributed by atoms with Gasteiger partial charge in [-0.05, 0) is 43.7 Å². The van der Waals surface area contributed by atoms with Crippen molar-refractivity contribution in [2.75, 3.05) is 13.1 Å². The van der Waals surface area contributed by atoms with Gasteiger partial charge in [-0.15, -0.1) is 0 Å². The summed E-state index contributed by atoms with van der Waals surface area (Å²) in [4.78, 5) is 2.62. The number of rotatable bonds is 3. The Balaban J connectivity index is 1.70. The first kappa shape index (κ1) is 13.6. The molecule has 2 aliphatic rings. The van der Waals surface area contributed by atoms with Crippen molar-refractivity contribution < 1.29 is 0 Å². The zero-order valence-electron chi connectivity index (χ0n) is 12.2. The molecule has 1 aromatic carbocycles. The smallest absolute Gasteiger partial charge is 0.0839 e. The van der Waals surface area contributed by atoms with Gasteiger partial charge in [0.25, 0.3) is 0 Å². The van der Waals surface area contributed by atoms with Crippen LogP contribution in [0.5, 0.6) is 0 Å². The Labute approximate surface area is 122 Å². The van der Waals surface area contributed by atoms with Gasteiger partial charge in [0.05, 0.1) is 12.0 Å². The van der Waals surface area contributed by atoms with E-state index < -0.39 is 0 Å². The van der Waals surface area contributed by atoms with Crippen LogP contribution in [-0.4, -0.2) is 24.0 Å². The van der Waals surface area contributed by atoms with E-state index in [1.54, 1.807) is 0 Å². The Kier molecular flexibility index (Phi) is 4.38. The van der Waals surface area contributed by atoms with Crippen molar-refractivity contribution in [2.45, 2.75) is 50.5 Å². The minimum Gasteiger partial charge on any atom is -0.298 e. The lowest BCUT2D eigenvalue weighted by molar-refractivity contribution is 0.0594. The highest BCUT2D eigenvalue weighted by atomic mass is 15.2. The summed E-state index contributed by atoms with van der Waals surface area (Å²) < 4.78 is 0. The number of fused-ring (bicyclic) bond motifs is 1. The minimum absolute atomic E-state index is 0.0249. The molecule has 1 saturated heterocycles. The van der Waals surface area contributed by atoms with Gasteiger partial charge in [0.15, 0.2) is 0 Å². The maximum absolute atomic E-state index is 9.53. The fourth-order valence-corrected chi connectivity index (χ4v) is 4.10. The molecule has 2 nitrogen and oxygen atoms in total. The lowest BCUT2D eigenvalue weighted by Crippen LogP contribution is -2.48. The summed E-state index contributed by atoms with van der Waals surface area (Å²) in [7, 11) is 0. The van der Waals surface area contributed by atoms with Crippen LogP contribution < -0.4 is 0 Å². The van der Waals surface area contributed by atoms with Crippen molar-refractivity contribution in [3.05, 3.63) is 35.9 Å². The molecule has 2 heteroatoms. The summed E-state index contributed by atoms with van der Waals surface area (Å²) in [6.07, 6.45) is 8.26. The second-order valence-electron chi connectivity index (χ2n) is 6.34. The van der Waals surface area contributed by atoms with Crippen LogP contribution in [0.25, 0.3) is 0 Å². The third-order valence-electron chi connectivity index (χ3n) is 5.13. The summed E-state index contributed by atoms with van der Waals surface area (Å²) >= 11 is 0. The van der Waals surface area contributed by atoms with E-state index in [9.17, 15) is 5.26 Å². The molecule has 0 N–H and O–H groups in total. The van der Waals surface area contributed by atoms with E-state index in [1.165, 1.54) is 50.6 Å². The first-order valence-electron chi connectivity index (χ1n) is 8.07. The molecule has 1 heterocycles. The summed E-state index contributed by atoms with van der Waals surface area (Å²) in [5.41, 5.74) is 1.17. The average molecular weight is 268 g/mol. The van der Waals surface area contributed by atoms with Gasteiger partial charge in [-0.2, -0.15) is 5.26 Å². The van der Waals surface area contributed by atoms with E-state index in [1.807, 2.05) is 18.2 Å². The summed E-state index contributed by atoms with van der Waals surface area (Å²) in [6, 6.07) is 13.6. The fraction of sp³-hybridized carbons (Fsp3) is 0.611. The highest BCUT2D eigenvalue weighted by molar-refractivity contribution is 5.25. The van der Waals surface area contributed by atoms with Gasteiger partial charge in [-0.3, -0.25) is 4.90 Å².